The topological polar surface area (TPSA) is 54.4 Å². The van der Waals surface area contributed by atoms with E-state index in [1.54, 1.807) is 13.3 Å². The summed E-state index contributed by atoms with van der Waals surface area (Å²) in [6.45, 7) is 2.68. The molecule has 0 saturated carbocycles. The second-order valence-corrected chi connectivity index (χ2v) is 4.54. The normalized spacial score (nSPS) is 12.5. The highest BCUT2D eigenvalue weighted by Crippen LogP contribution is 2.17. The van der Waals surface area contributed by atoms with Crippen LogP contribution in [0, 0.1) is 6.92 Å². The number of hydrogen-bond acceptors (Lipinski definition) is 4. The fourth-order valence-corrected chi connectivity index (χ4v) is 1.88. The van der Waals surface area contributed by atoms with Gasteiger partial charge < -0.3 is 15.2 Å². The third-order valence-corrected chi connectivity index (χ3v) is 2.66. The fourth-order valence-electron chi connectivity index (χ4n) is 1.44. The molecule has 0 radical (unpaired) electrons. The number of aromatic nitrogens is 1. The summed E-state index contributed by atoms with van der Waals surface area (Å²) in [5.41, 5.74) is 1.06. The second-order valence-electron chi connectivity index (χ2n) is 3.63. The molecule has 0 bridgehead atoms. The molecule has 0 fully saturated rings. The highest BCUT2D eigenvalue weighted by molar-refractivity contribution is 9.10. The molecule has 2 N–H and O–H groups in total. The molecule has 0 spiro atoms. The maximum absolute atomic E-state index is 8.93. The van der Waals surface area contributed by atoms with Crippen LogP contribution >= 0.6 is 15.9 Å². The first-order chi connectivity index (χ1) is 7.67. The van der Waals surface area contributed by atoms with Crippen molar-refractivity contribution in [2.45, 2.75) is 19.4 Å². The van der Waals surface area contributed by atoms with Gasteiger partial charge in [-0.25, -0.2) is 4.98 Å². The number of aliphatic hydroxyl groups excluding tert-OH is 1. The highest BCUT2D eigenvalue weighted by Gasteiger charge is 2.10. The van der Waals surface area contributed by atoms with Gasteiger partial charge in [0, 0.05) is 24.4 Å². The monoisotopic (exact) mass is 288 g/mol. The molecule has 0 aliphatic heterocycles. The Morgan fingerprint density at radius 1 is 1.62 bits per heavy atom. The molecule has 1 rings (SSSR count). The quantitative estimate of drug-likeness (QED) is 0.840. The summed E-state index contributed by atoms with van der Waals surface area (Å²) in [4.78, 5) is 4.29. The van der Waals surface area contributed by atoms with Gasteiger partial charge in [-0.05, 0) is 40.9 Å². The van der Waals surface area contributed by atoms with E-state index in [4.69, 9.17) is 9.84 Å². The lowest BCUT2D eigenvalue weighted by Crippen LogP contribution is -2.27. The summed E-state index contributed by atoms with van der Waals surface area (Å²) >= 11 is 3.37. The predicted octanol–water partition coefficient (Wildman–Crippen LogP) is 1.96. The Kier molecular flexibility index (Phi) is 5.73. The van der Waals surface area contributed by atoms with Gasteiger partial charge in [-0.3, -0.25) is 0 Å². The summed E-state index contributed by atoms with van der Waals surface area (Å²) in [5, 5.41) is 12.2. The van der Waals surface area contributed by atoms with Crippen molar-refractivity contribution in [3.8, 4) is 0 Å². The van der Waals surface area contributed by atoms with E-state index in [-0.39, 0.29) is 12.6 Å². The standard InChI is InChI=1S/C11H17BrN2O2/c1-8-5-9(12)6-13-11(8)14-10(3-4-15)7-16-2/h5-6,10,15H,3-4,7H2,1-2H3,(H,13,14). The Morgan fingerprint density at radius 3 is 2.94 bits per heavy atom. The average molecular weight is 289 g/mol. The number of pyridine rings is 1. The zero-order chi connectivity index (χ0) is 12.0. The van der Waals surface area contributed by atoms with Crippen LogP contribution in [0.15, 0.2) is 16.7 Å². The van der Waals surface area contributed by atoms with E-state index in [0.717, 1.165) is 15.9 Å². The number of halogens is 1. The van der Waals surface area contributed by atoms with E-state index in [1.807, 2.05) is 13.0 Å². The summed E-state index contributed by atoms with van der Waals surface area (Å²) in [6.07, 6.45) is 2.39. The van der Waals surface area contributed by atoms with E-state index in [1.165, 1.54) is 0 Å². The molecule has 1 aromatic rings. The number of nitrogens with one attached hydrogen (secondary N) is 1. The largest absolute Gasteiger partial charge is 0.396 e. The van der Waals surface area contributed by atoms with Gasteiger partial charge in [0.2, 0.25) is 0 Å². The third kappa shape index (κ3) is 4.08. The molecule has 4 nitrogen and oxygen atoms in total. The predicted molar refractivity (Wildman–Crippen MR) is 67.7 cm³/mol. The maximum Gasteiger partial charge on any atom is 0.129 e. The molecule has 1 atom stereocenters. The molecule has 16 heavy (non-hydrogen) atoms. The van der Waals surface area contributed by atoms with E-state index in [9.17, 15) is 0 Å². The summed E-state index contributed by atoms with van der Waals surface area (Å²) in [5.74, 6) is 0.832. The maximum atomic E-state index is 8.93. The molecular formula is C11H17BrN2O2. The molecule has 0 aromatic carbocycles. The fraction of sp³-hybridized carbons (Fsp3) is 0.545. The van der Waals surface area contributed by atoms with Crippen molar-refractivity contribution in [1.82, 2.24) is 4.98 Å². The van der Waals surface area contributed by atoms with Crippen LogP contribution < -0.4 is 5.32 Å². The molecule has 0 amide bonds. The Hall–Kier alpha value is -0.650. The van der Waals surface area contributed by atoms with E-state index < -0.39 is 0 Å². The van der Waals surface area contributed by atoms with Crippen molar-refractivity contribution >= 4 is 21.7 Å². The molecule has 1 unspecified atom stereocenters. The number of anilines is 1. The van der Waals surface area contributed by atoms with Crippen LogP contribution in [-0.2, 0) is 4.74 Å². The first-order valence-electron chi connectivity index (χ1n) is 5.16. The molecule has 1 heterocycles. The van der Waals surface area contributed by atoms with Crippen LogP contribution in [0.4, 0.5) is 5.82 Å². The van der Waals surface area contributed by atoms with Crippen molar-refractivity contribution < 1.29 is 9.84 Å². The molecule has 90 valence electrons. The van der Waals surface area contributed by atoms with Gasteiger partial charge in [0.25, 0.3) is 0 Å². The van der Waals surface area contributed by atoms with Gasteiger partial charge in [0.15, 0.2) is 0 Å². The summed E-state index contributed by atoms with van der Waals surface area (Å²) < 4.78 is 6.04. The van der Waals surface area contributed by atoms with E-state index in [0.29, 0.717) is 13.0 Å². The van der Waals surface area contributed by atoms with Crippen molar-refractivity contribution in [3.05, 3.63) is 22.3 Å². The van der Waals surface area contributed by atoms with Gasteiger partial charge in [-0.2, -0.15) is 0 Å². The van der Waals surface area contributed by atoms with Gasteiger partial charge in [0.1, 0.15) is 5.82 Å². The second kappa shape index (κ2) is 6.83. The van der Waals surface area contributed by atoms with Crippen molar-refractivity contribution in [2.24, 2.45) is 0 Å². The molecule has 5 heteroatoms. The Morgan fingerprint density at radius 2 is 2.38 bits per heavy atom. The molecular weight excluding hydrogens is 272 g/mol. The van der Waals surface area contributed by atoms with Crippen molar-refractivity contribution in [3.63, 3.8) is 0 Å². The number of methoxy groups -OCH3 is 1. The zero-order valence-electron chi connectivity index (χ0n) is 9.53. The molecule has 1 aromatic heterocycles. The first-order valence-corrected chi connectivity index (χ1v) is 5.95. The number of rotatable bonds is 6. The minimum absolute atomic E-state index is 0.0855. The summed E-state index contributed by atoms with van der Waals surface area (Å²) in [7, 11) is 1.65. The minimum Gasteiger partial charge on any atom is -0.396 e. The molecule has 0 saturated heterocycles. The van der Waals surface area contributed by atoms with E-state index >= 15 is 0 Å². The average Bonchev–Trinajstić information content (AvgIpc) is 2.23. The number of aliphatic hydroxyl groups is 1. The number of aryl methyl sites for hydroxylation is 1. The number of ether oxygens (including phenoxy) is 1. The minimum atomic E-state index is 0.0855. The van der Waals surface area contributed by atoms with Gasteiger partial charge in [-0.15, -0.1) is 0 Å². The van der Waals surface area contributed by atoms with Crippen LogP contribution in [0.25, 0.3) is 0 Å². The Balaban J connectivity index is 2.68. The van der Waals surface area contributed by atoms with E-state index in [2.05, 4.69) is 26.2 Å². The lowest BCUT2D eigenvalue weighted by Gasteiger charge is -2.18. The highest BCUT2D eigenvalue weighted by atomic mass is 79.9. The van der Waals surface area contributed by atoms with Crippen LogP contribution in [0.2, 0.25) is 0 Å². The van der Waals surface area contributed by atoms with Crippen LogP contribution in [0.1, 0.15) is 12.0 Å². The lowest BCUT2D eigenvalue weighted by atomic mass is 10.2. The van der Waals surface area contributed by atoms with Crippen molar-refractivity contribution in [2.75, 3.05) is 25.6 Å². The Labute approximate surface area is 104 Å². The number of nitrogens with zero attached hydrogens (tertiary/aromatic N) is 1. The van der Waals surface area contributed by atoms with Crippen LogP contribution in [0.3, 0.4) is 0 Å². The summed E-state index contributed by atoms with van der Waals surface area (Å²) in [6, 6.07) is 2.08. The van der Waals surface area contributed by atoms with Crippen molar-refractivity contribution in [1.29, 1.82) is 0 Å². The molecule has 0 aliphatic carbocycles. The smallest absolute Gasteiger partial charge is 0.129 e. The van der Waals surface area contributed by atoms with Gasteiger partial charge in [-0.1, -0.05) is 0 Å². The SMILES string of the molecule is COCC(CCO)Nc1ncc(Br)cc1C. The molecule has 0 aliphatic rings. The zero-order valence-corrected chi connectivity index (χ0v) is 11.1. The third-order valence-electron chi connectivity index (χ3n) is 2.23. The Bertz CT molecular complexity index is 328. The lowest BCUT2D eigenvalue weighted by molar-refractivity contribution is 0.170. The number of hydrogen-bond donors (Lipinski definition) is 2. The van der Waals surface area contributed by atoms with Crippen LogP contribution in [-0.4, -0.2) is 36.5 Å². The van der Waals surface area contributed by atoms with Gasteiger partial charge >= 0.3 is 0 Å². The first kappa shape index (κ1) is 13.4. The van der Waals surface area contributed by atoms with Gasteiger partial charge in [0.05, 0.1) is 12.6 Å². The van der Waals surface area contributed by atoms with Crippen LogP contribution in [0.5, 0.6) is 0 Å².